The van der Waals surface area contributed by atoms with Crippen LogP contribution >= 0.6 is 0 Å². The van der Waals surface area contributed by atoms with E-state index in [1.54, 1.807) is 0 Å². The summed E-state index contributed by atoms with van der Waals surface area (Å²) in [6, 6.07) is 2.53. The molecule has 2 aromatic heterocycles. The highest BCUT2D eigenvalue weighted by molar-refractivity contribution is 5.52. The number of nitrogen functional groups attached to an aromatic ring is 1. The Morgan fingerprint density at radius 3 is 2.43 bits per heavy atom. The molecule has 1 aliphatic heterocycles. The normalized spacial score (nSPS) is 13.6. The van der Waals surface area contributed by atoms with E-state index in [-0.39, 0.29) is 6.47 Å². The number of aromatic nitrogens is 5. The Kier molecular flexibility index (Phi) is 23.7. The predicted octanol–water partition coefficient (Wildman–Crippen LogP) is 3.31. The van der Waals surface area contributed by atoms with Crippen LogP contribution in [0.25, 0.3) is 0 Å². The summed E-state index contributed by atoms with van der Waals surface area (Å²) in [6.07, 6.45) is 14.0. The first-order valence-electron chi connectivity index (χ1n) is 17.1. The second kappa shape index (κ2) is 26.8. The molecule has 3 rings (SSSR count). The predicted molar refractivity (Wildman–Crippen MR) is 186 cm³/mol. The number of nitrogens with two attached hydrogens (primary N) is 1. The van der Waals surface area contributed by atoms with Crippen LogP contribution in [0.4, 0.5) is 17.6 Å². The zero-order valence-corrected chi connectivity index (χ0v) is 28.7. The highest BCUT2D eigenvalue weighted by Gasteiger charge is 2.20. The number of carboxylic acid groups (broad SMARTS) is 1. The fourth-order valence-corrected chi connectivity index (χ4v) is 5.14. The summed E-state index contributed by atoms with van der Waals surface area (Å²) in [6.45, 7) is 13.8. The molecule has 3 heterocycles. The maximum absolute atomic E-state index is 9.56. The number of carbonyl (C=O) groups excluding carboxylic acids is 1. The zero-order chi connectivity index (χ0) is 33.8. The van der Waals surface area contributed by atoms with Crippen molar-refractivity contribution in [3.63, 3.8) is 0 Å². The average molecular weight is 648 g/mol. The number of aldehydes is 1. The molecular weight excluding hydrogens is 586 g/mol. The lowest BCUT2D eigenvalue weighted by molar-refractivity contribution is -0.122. The maximum Gasteiger partial charge on any atom is 0.290 e. The molecule has 262 valence electrons. The smallest absolute Gasteiger partial charge is 0.290 e. The fourth-order valence-electron chi connectivity index (χ4n) is 5.14. The Labute approximate surface area is 276 Å². The monoisotopic (exact) mass is 647 g/mol. The van der Waals surface area contributed by atoms with Crippen LogP contribution in [0.15, 0.2) is 12.3 Å². The van der Waals surface area contributed by atoms with Crippen molar-refractivity contribution in [2.24, 2.45) is 5.92 Å². The van der Waals surface area contributed by atoms with E-state index in [0.29, 0.717) is 24.4 Å². The number of nitrogens with zero attached hydrogens (tertiary/aromatic N) is 6. The Bertz CT molecular complexity index is 1030. The van der Waals surface area contributed by atoms with E-state index >= 15 is 0 Å². The number of rotatable bonds is 21. The van der Waals surface area contributed by atoms with Crippen LogP contribution in [0.3, 0.4) is 0 Å². The van der Waals surface area contributed by atoms with Crippen LogP contribution in [0, 0.1) is 5.92 Å². The van der Waals surface area contributed by atoms with Crippen LogP contribution < -0.4 is 31.9 Å². The molecule has 0 spiro atoms. The van der Waals surface area contributed by atoms with Gasteiger partial charge in [0.25, 0.3) is 6.47 Å². The molecule has 0 aromatic carbocycles. The number of piperidine rings is 1. The van der Waals surface area contributed by atoms with E-state index in [0.717, 1.165) is 114 Å². The van der Waals surface area contributed by atoms with E-state index in [9.17, 15) is 4.79 Å². The first kappa shape index (κ1) is 40.7. The molecule has 0 amide bonds. The second-order valence-corrected chi connectivity index (χ2v) is 11.5. The van der Waals surface area contributed by atoms with Crippen molar-refractivity contribution >= 4 is 30.3 Å². The van der Waals surface area contributed by atoms with Gasteiger partial charge in [0.1, 0.15) is 23.6 Å². The van der Waals surface area contributed by atoms with Gasteiger partial charge in [0, 0.05) is 38.2 Å². The van der Waals surface area contributed by atoms with Gasteiger partial charge >= 0.3 is 0 Å². The van der Waals surface area contributed by atoms with Gasteiger partial charge in [-0.05, 0) is 84.1 Å². The third-order valence-electron chi connectivity index (χ3n) is 7.69. The third-order valence-corrected chi connectivity index (χ3v) is 7.69. The maximum atomic E-state index is 9.56. The van der Waals surface area contributed by atoms with Gasteiger partial charge in [0.2, 0.25) is 5.95 Å². The topological polar surface area (TPSA) is 188 Å². The first-order chi connectivity index (χ1) is 22.4. The standard InChI is InChI=1S/C26H49N11.C5H10O.CH2O2/c1-4-8-22(5-2)30-13-6-11-29-12-7-14-37-20-23(34-35-37)19-31-26-32-24(27)17-25(33-26)36-15-9-21(10-16-36)18-28-3;1-2-3-4-5-6;2-1-3/h17,20-22,28-30H,4-16,18-19H2,1-3H3,(H3,27,31,32,33);5H,2-4H2,1H3;1H,(H,2,3). The third kappa shape index (κ3) is 18.6. The summed E-state index contributed by atoms with van der Waals surface area (Å²) in [5, 5.41) is 29.2. The zero-order valence-electron chi connectivity index (χ0n) is 28.7. The minimum atomic E-state index is -0.250. The molecule has 1 unspecified atom stereocenters. The Balaban J connectivity index is 0.00000104. The van der Waals surface area contributed by atoms with Crippen LogP contribution in [-0.2, 0) is 22.7 Å². The number of anilines is 3. The summed E-state index contributed by atoms with van der Waals surface area (Å²) < 4.78 is 1.90. The number of hydrogen-bond donors (Lipinski definition) is 6. The minimum absolute atomic E-state index is 0.250. The molecule has 1 fully saturated rings. The number of hydrogen-bond acceptors (Lipinski definition) is 12. The van der Waals surface area contributed by atoms with Crippen LogP contribution in [-0.4, -0.2) is 95.2 Å². The minimum Gasteiger partial charge on any atom is -0.483 e. The van der Waals surface area contributed by atoms with E-state index < -0.39 is 0 Å². The van der Waals surface area contributed by atoms with Gasteiger partial charge in [0.15, 0.2) is 0 Å². The summed E-state index contributed by atoms with van der Waals surface area (Å²) >= 11 is 0. The molecule has 7 N–H and O–H groups in total. The Morgan fingerprint density at radius 1 is 1.07 bits per heavy atom. The number of nitrogens with one attached hydrogen (secondary N) is 4. The molecule has 0 bridgehead atoms. The lowest BCUT2D eigenvalue weighted by atomic mass is 9.97. The number of carbonyl (C=O) groups is 2. The van der Waals surface area contributed by atoms with Crippen LogP contribution in [0.1, 0.15) is 90.7 Å². The number of aryl methyl sites for hydroxylation is 1. The van der Waals surface area contributed by atoms with Gasteiger partial charge in [-0.3, -0.25) is 9.48 Å². The van der Waals surface area contributed by atoms with E-state index in [1.807, 2.05) is 24.0 Å². The van der Waals surface area contributed by atoms with Crippen LogP contribution in [0.2, 0.25) is 0 Å². The summed E-state index contributed by atoms with van der Waals surface area (Å²) in [5.41, 5.74) is 6.94. The van der Waals surface area contributed by atoms with Crippen molar-refractivity contribution in [2.75, 3.05) is 62.3 Å². The van der Waals surface area contributed by atoms with Gasteiger partial charge < -0.3 is 41.8 Å². The molecule has 0 radical (unpaired) electrons. The number of unbranched alkanes of at least 4 members (excludes halogenated alkanes) is 2. The fraction of sp³-hybridized carbons (Fsp3) is 0.750. The molecule has 14 heteroatoms. The highest BCUT2D eigenvalue weighted by atomic mass is 16.3. The molecule has 1 aliphatic rings. The van der Waals surface area contributed by atoms with Crippen molar-refractivity contribution in [1.82, 2.24) is 40.9 Å². The quantitative estimate of drug-likeness (QED) is 0.0856. The van der Waals surface area contributed by atoms with E-state index in [2.05, 4.69) is 62.2 Å². The lowest BCUT2D eigenvalue weighted by Gasteiger charge is -2.32. The van der Waals surface area contributed by atoms with E-state index in [4.69, 9.17) is 20.6 Å². The van der Waals surface area contributed by atoms with Crippen molar-refractivity contribution in [2.45, 2.75) is 104 Å². The molecule has 2 aromatic rings. The van der Waals surface area contributed by atoms with Gasteiger partial charge in [-0.1, -0.05) is 38.8 Å². The van der Waals surface area contributed by atoms with Gasteiger partial charge in [-0.15, -0.1) is 5.10 Å². The molecule has 1 saturated heterocycles. The Morgan fingerprint density at radius 2 is 1.80 bits per heavy atom. The average Bonchev–Trinajstić information content (AvgIpc) is 3.52. The summed E-state index contributed by atoms with van der Waals surface area (Å²) in [7, 11) is 2.02. The summed E-state index contributed by atoms with van der Waals surface area (Å²) in [4.78, 5) is 29.3. The van der Waals surface area contributed by atoms with Gasteiger partial charge in [0.05, 0.1) is 12.7 Å². The summed E-state index contributed by atoms with van der Waals surface area (Å²) in [5.74, 6) is 2.61. The van der Waals surface area contributed by atoms with Gasteiger partial charge in [-0.2, -0.15) is 9.97 Å². The van der Waals surface area contributed by atoms with Crippen molar-refractivity contribution in [1.29, 1.82) is 0 Å². The molecule has 14 nitrogen and oxygen atoms in total. The highest BCUT2D eigenvalue weighted by Crippen LogP contribution is 2.23. The van der Waals surface area contributed by atoms with Crippen LogP contribution in [0.5, 0.6) is 0 Å². The first-order valence-corrected chi connectivity index (χ1v) is 17.1. The second-order valence-electron chi connectivity index (χ2n) is 11.5. The molecule has 0 saturated carbocycles. The lowest BCUT2D eigenvalue weighted by Crippen LogP contribution is -2.37. The van der Waals surface area contributed by atoms with E-state index in [1.165, 1.54) is 19.3 Å². The van der Waals surface area contributed by atoms with Crippen molar-refractivity contribution in [3.8, 4) is 0 Å². The molecule has 0 aliphatic carbocycles. The Hall–Kier alpha value is -3.36. The SMILES string of the molecule is CCCC(CC)NCCCNCCCn1cc(CNc2nc(N)cc(N3CCC(CNC)CC3)n2)nn1.CCCCC=O.O=CO. The molecular formula is C32H61N11O3. The largest absolute Gasteiger partial charge is 0.483 e. The molecule has 1 atom stereocenters. The van der Waals surface area contributed by atoms with Gasteiger partial charge in [-0.25, -0.2) is 0 Å². The van der Waals surface area contributed by atoms with Crippen molar-refractivity contribution in [3.05, 3.63) is 18.0 Å². The molecule has 46 heavy (non-hydrogen) atoms. The van der Waals surface area contributed by atoms with Crippen molar-refractivity contribution < 1.29 is 14.7 Å².